The third kappa shape index (κ3) is 5.24. The molecule has 1 aromatic heterocycles. The highest BCUT2D eigenvalue weighted by Crippen LogP contribution is 2.46. The zero-order valence-electron chi connectivity index (χ0n) is 21.5. The lowest BCUT2D eigenvalue weighted by Crippen LogP contribution is -2.39. The number of carboxylic acid groups (broad SMARTS) is 1. The molecule has 1 heterocycles. The van der Waals surface area contributed by atoms with Crippen LogP contribution in [0.1, 0.15) is 68.8 Å². The molecule has 8 heteroatoms. The molecule has 0 unspecified atom stereocenters. The maximum Gasteiger partial charge on any atom is 0.303 e. The van der Waals surface area contributed by atoms with E-state index in [4.69, 9.17) is 9.47 Å². The fourth-order valence-corrected chi connectivity index (χ4v) is 5.32. The molecule has 2 N–H and O–H groups in total. The maximum atomic E-state index is 15.0. The molecule has 2 aliphatic carbocycles. The fraction of sp³-hybridized carbons (Fsp3) is 0.414. The third-order valence-corrected chi connectivity index (χ3v) is 7.53. The summed E-state index contributed by atoms with van der Waals surface area (Å²) in [6.07, 6.45) is 6.35. The Balaban J connectivity index is 1.47. The van der Waals surface area contributed by atoms with Crippen LogP contribution in [0.2, 0.25) is 0 Å². The summed E-state index contributed by atoms with van der Waals surface area (Å²) >= 11 is 0. The molecule has 37 heavy (non-hydrogen) atoms. The summed E-state index contributed by atoms with van der Waals surface area (Å²) < 4.78 is 28.2. The number of benzene rings is 2. The number of aromatic nitrogens is 3. The highest BCUT2D eigenvalue weighted by atomic mass is 19.1. The second-order valence-corrected chi connectivity index (χ2v) is 10.6. The van der Waals surface area contributed by atoms with Crippen molar-refractivity contribution in [2.75, 3.05) is 7.11 Å². The Labute approximate surface area is 215 Å². The van der Waals surface area contributed by atoms with Gasteiger partial charge in [-0.3, -0.25) is 4.79 Å². The van der Waals surface area contributed by atoms with Gasteiger partial charge in [0.15, 0.2) is 18.1 Å². The van der Waals surface area contributed by atoms with Crippen LogP contribution >= 0.6 is 0 Å². The van der Waals surface area contributed by atoms with Gasteiger partial charge in [-0.1, -0.05) is 37.3 Å². The molecule has 2 aliphatic rings. The number of aliphatic carboxylic acids is 1. The van der Waals surface area contributed by atoms with Gasteiger partial charge in [0.25, 0.3) is 5.69 Å². The predicted molar refractivity (Wildman–Crippen MR) is 136 cm³/mol. The molecule has 5 rings (SSSR count). The number of carbonyl (C=O) groups is 1. The van der Waals surface area contributed by atoms with E-state index in [0.717, 1.165) is 42.5 Å². The van der Waals surface area contributed by atoms with E-state index in [1.54, 1.807) is 23.9 Å². The minimum absolute atomic E-state index is 0.00960. The van der Waals surface area contributed by atoms with E-state index in [0.29, 0.717) is 28.8 Å². The summed E-state index contributed by atoms with van der Waals surface area (Å²) in [7, 11) is 1.55. The summed E-state index contributed by atoms with van der Waals surface area (Å²) in [5.41, 5.74) is 3.73. The number of nitrogens with zero attached hydrogens (tertiary/aromatic N) is 2. The van der Waals surface area contributed by atoms with E-state index in [1.165, 1.54) is 6.07 Å². The summed E-state index contributed by atoms with van der Waals surface area (Å²) in [5, 5.41) is 16.9. The van der Waals surface area contributed by atoms with Gasteiger partial charge in [-0.2, -0.15) is 0 Å². The normalized spacial score (nSPS) is 17.4. The van der Waals surface area contributed by atoms with Crippen LogP contribution in [0.3, 0.4) is 0 Å². The Kier molecular flexibility index (Phi) is 6.75. The maximum absolute atomic E-state index is 15.0. The number of methoxy groups -OCH3 is 1. The minimum atomic E-state index is -0.786. The van der Waals surface area contributed by atoms with Crippen LogP contribution in [0.5, 0.6) is 11.5 Å². The van der Waals surface area contributed by atoms with Crippen molar-refractivity contribution in [3.63, 3.8) is 0 Å². The Morgan fingerprint density at radius 3 is 2.73 bits per heavy atom. The quantitative estimate of drug-likeness (QED) is 0.350. The number of H-pyrrole nitrogens is 1. The molecule has 0 bridgehead atoms. The molecule has 1 saturated carbocycles. The van der Waals surface area contributed by atoms with Crippen molar-refractivity contribution in [1.82, 2.24) is 10.3 Å². The van der Waals surface area contributed by atoms with Crippen molar-refractivity contribution >= 4 is 11.5 Å². The zero-order valence-corrected chi connectivity index (χ0v) is 21.5. The van der Waals surface area contributed by atoms with Crippen molar-refractivity contribution in [3.05, 3.63) is 71.3 Å². The second kappa shape index (κ2) is 10.00. The number of carboxylic acids is 1. The third-order valence-electron chi connectivity index (χ3n) is 7.53. The first kappa shape index (κ1) is 25.0. The first-order valence-corrected chi connectivity index (χ1v) is 12.8. The first-order valence-electron chi connectivity index (χ1n) is 12.8. The largest absolute Gasteiger partial charge is 0.497 e. The lowest BCUT2D eigenvalue weighted by Gasteiger charge is -2.21. The lowest BCUT2D eigenvalue weighted by molar-refractivity contribution is -0.663. The van der Waals surface area contributed by atoms with Crippen LogP contribution < -0.4 is 14.2 Å². The zero-order chi connectivity index (χ0) is 26.2. The van der Waals surface area contributed by atoms with E-state index in [-0.39, 0.29) is 24.4 Å². The SMILES string of the molecule is COc1ccc(F)c(-[n+]2[nH]nc(COc3cccc([C@@H](CC(=O)O)C4CC4)c3)c2C2=CCCC2(C)C)c1. The monoisotopic (exact) mass is 506 g/mol. The van der Waals surface area contributed by atoms with E-state index in [1.807, 2.05) is 24.3 Å². The Morgan fingerprint density at radius 2 is 2.05 bits per heavy atom. The first-order chi connectivity index (χ1) is 17.8. The molecule has 3 aromatic rings. The number of aromatic amines is 1. The Bertz CT molecular complexity index is 1340. The fourth-order valence-electron chi connectivity index (χ4n) is 5.32. The number of nitrogens with one attached hydrogen (secondary N) is 1. The van der Waals surface area contributed by atoms with Crippen molar-refractivity contribution in [2.45, 2.75) is 58.5 Å². The van der Waals surface area contributed by atoms with E-state index in [2.05, 4.69) is 30.2 Å². The second-order valence-electron chi connectivity index (χ2n) is 10.6. The van der Waals surface area contributed by atoms with Crippen molar-refractivity contribution in [1.29, 1.82) is 0 Å². The van der Waals surface area contributed by atoms with Gasteiger partial charge in [0.05, 0.1) is 13.5 Å². The number of halogens is 1. The van der Waals surface area contributed by atoms with Gasteiger partial charge in [-0.15, -0.1) is 4.68 Å². The van der Waals surface area contributed by atoms with E-state index < -0.39 is 11.8 Å². The van der Waals surface area contributed by atoms with Gasteiger partial charge >= 0.3 is 5.97 Å². The van der Waals surface area contributed by atoms with Crippen LogP contribution in [0, 0.1) is 17.2 Å². The predicted octanol–water partition coefficient (Wildman–Crippen LogP) is 5.58. The average molecular weight is 507 g/mol. The van der Waals surface area contributed by atoms with Gasteiger partial charge in [0, 0.05) is 16.7 Å². The molecule has 0 spiro atoms. The molecule has 194 valence electrons. The van der Waals surface area contributed by atoms with Crippen molar-refractivity contribution in [3.8, 4) is 17.2 Å². The molecule has 1 fully saturated rings. The number of allylic oxidation sites excluding steroid dienone is 2. The molecular weight excluding hydrogens is 473 g/mol. The van der Waals surface area contributed by atoms with E-state index in [9.17, 15) is 14.3 Å². The summed E-state index contributed by atoms with van der Waals surface area (Å²) in [4.78, 5) is 11.4. The summed E-state index contributed by atoms with van der Waals surface area (Å²) in [5.74, 6) is 0.428. The summed E-state index contributed by atoms with van der Waals surface area (Å²) in [6.45, 7) is 4.54. The Hall–Kier alpha value is -3.68. The topological polar surface area (TPSA) is 88.3 Å². The molecule has 1 atom stereocenters. The number of rotatable bonds is 10. The number of ether oxygens (including phenoxy) is 2. The average Bonchev–Trinajstić information content (AvgIpc) is 3.54. The molecule has 0 saturated heterocycles. The van der Waals surface area contributed by atoms with Crippen LogP contribution in [0.25, 0.3) is 11.3 Å². The van der Waals surface area contributed by atoms with E-state index >= 15 is 0 Å². The molecule has 0 radical (unpaired) electrons. The minimum Gasteiger partial charge on any atom is -0.497 e. The number of hydrogen-bond donors (Lipinski definition) is 2. The van der Waals surface area contributed by atoms with Crippen LogP contribution in [-0.4, -0.2) is 28.5 Å². The standard InChI is InChI=1S/C29H32FN3O4/c1-29(2)13-5-8-23(29)28-25(31-32-33(28)26-15-20(36-3)11-12-24(26)30)17-37-21-7-4-6-19(14-21)22(16-27(34)35)18-9-10-18/h4,6-8,11-12,14-15,18,22H,5,9-10,13,16-17H2,1-3H3,(H,34,35)/p+1/t22-/m0/s1. The number of hydrogen-bond acceptors (Lipinski definition) is 4. The molecular formula is C29H33FN3O4+. The Morgan fingerprint density at radius 1 is 1.24 bits per heavy atom. The molecule has 0 aliphatic heterocycles. The van der Waals surface area contributed by atoms with Crippen LogP contribution in [0.4, 0.5) is 4.39 Å². The van der Waals surface area contributed by atoms with Gasteiger partial charge in [0.1, 0.15) is 11.5 Å². The molecule has 0 amide bonds. The van der Waals surface area contributed by atoms with Gasteiger partial charge < -0.3 is 14.6 Å². The van der Waals surface area contributed by atoms with Crippen molar-refractivity contribution in [2.24, 2.45) is 11.3 Å². The van der Waals surface area contributed by atoms with Crippen LogP contribution in [0.15, 0.2) is 48.5 Å². The van der Waals surface area contributed by atoms with Gasteiger partial charge in [0.2, 0.25) is 5.69 Å². The molecule has 2 aromatic carbocycles. The van der Waals surface area contributed by atoms with Crippen molar-refractivity contribution < 1.29 is 28.4 Å². The highest BCUT2D eigenvalue weighted by molar-refractivity contribution is 5.69. The summed E-state index contributed by atoms with van der Waals surface area (Å²) in [6, 6.07) is 12.3. The van der Waals surface area contributed by atoms with Gasteiger partial charge in [-0.25, -0.2) is 4.39 Å². The highest BCUT2D eigenvalue weighted by Gasteiger charge is 2.38. The lowest BCUT2D eigenvalue weighted by atomic mass is 9.83. The smallest absolute Gasteiger partial charge is 0.303 e. The van der Waals surface area contributed by atoms with Crippen LogP contribution in [-0.2, 0) is 11.4 Å². The molecule has 7 nitrogen and oxygen atoms in total. The van der Waals surface area contributed by atoms with Gasteiger partial charge in [-0.05, 0) is 72.8 Å².